The molecule has 0 aromatic heterocycles. The molecule has 18 heavy (non-hydrogen) atoms. The highest BCUT2D eigenvalue weighted by Crippen LogP contribution is 2.36. The summed E-state index contributed by atoms with van der Waals surface area (Å²) >= 11 is 0. The number of fused-ring (bicyclic) bond motifs is 1. The van der Waals surface area contributed by atoms with Gasteiger partial charge in [-0.1, -0.05) is 50.3 Å². The Labute approximate surface area is 110 Å². The molecule has 0 atom stereocenters. The molecule has 1 aliphatic carbocycles. The highest BCUT2D eigenvalue weighted by molar-refractivity contribution is 5.57. The topological polar surface area (TPSA) is 3.24 Å². The number of rotatable bonds is 2. The lowest BCUT2D eigenvalue weighted by molar-refractivity contribution is 0.191. The minimum absolute atomic E-state index is 0.349. The van der Waals surface area contributed by atoms with Gasteiger partial charge in [-0.25, -0.2) is 0 Å². The van der Waals surface area contributed by atoms with E-state index in [1.807, 2.05) is 0 Å². The molecule has 1 fully saturated rings. The molecule has 0 unspecified atom stereocenters. The summed E-state index contributed by atoms with van der Waals surface area (Å²) in [4.78, 5) is 2.59. The van der Waals surface area contributed by atoms with E-state index >= 15 is 0 Å². The number of benzene rings is 1. The summed E-state index contributed by atoms with van der Waals surface area (Å²) in [5.74, 6) is 1.52. The van der Waals surface area contributed by atoms with Crippen LogP contribution in [0.4, 0.5) is 0 Å². The van der Waals surface area contributed by atoms with Crippen molar-refractivity contribution < 1.29 is 0 Å². The first kappa shape index (κ1) is 12.0. The van der Waals surface area contributed by atoms with E-state index in [1.54, 1.807) is 0 Å². The molecular weight excluding hydrogens is 218 g/mol. The summed E-state index contributed by atoms with van der Waals surface area (Å²) in [6.45, 7) is 8.09. The Bertz CT molecular complexity index is 496. The van der Waals surface area contributed by atoms with Crippen LogP contribution in [0.1, 0.15) is 26.7 Å². The first-order chi connectivity index (χ1) is 8.67. The zero-order valence-electron chi connectivity index (χ0n) is 11.4. The molecule has 95 valence electrons. The van der Waals surface area contributed by atoms with Crippen molar-refractivity contribution in [3.8, 4) is 0 Å². The molecule has 1 heterocycles. The Hall–Kier alpha value is -1.08. The summed E-state index contributed by atoms with van der Waals surface area (Å²) < 4.78 is 0. The van der Waals surface area contributed by atoms with Crippen LogP contribution in [0, 0.1) is 11.3 Å². The van der Waals surface area contributed by atoms with E-state index in [2.05, 4.69) is 55.2 Å². The van der Waals surface area contributed by atoms with E-state index in [0.717, 1.165) is 0 Å². The third kappa shape index (κ3) is 2.24. The van der Waals surface area contributed by atoms with Gasteiger partial charge in [-0.15, -0.1) is 0 Å². The molecule has 1 aromatic rings. The maximum Gasteiger partial charge on any atom is 0.0104 e. The van der Waals surface area contributed by atoms with Crippen LogP contribution in [0.15, 0.2) is 24.3 Å². The van der Waals surface area contributed by atoms with Gasteiger partial charge in [0.15, 0.2) is 0 Å². The van der Waals surface area contributed by atoms with Gasteiger partial charge in [0.1, 0.15) is 0 Å². The van der Waals surface area contributed by atoms with Crippen molar-refractivity contribution in [2.24, 2.45) is 5.41 Å². The van der Waals surface area contributed by atoms with Gasteiger partial charge in [0.2, 0.25) is 0 Å². The highest BCUT2D eigenvalue weighted by atomic mass is 15.1. The zero-order chi connectivity index (χ0) is 12.6. The smallest absolute Gasteiger partial charge is 0.0104 e. The fraction of sp³-hybridized carbons (Fsp3) is 0.471. The number of likely N-dealkylation sites (tertiary alicyclic amines) is 1. The van der Waals surface area contributed by atoms with Crippen molar-refractivity contribution in [3.63, 3.8) is 0 Å². The second-order valence-electron chi connectivity index (χ2n) is 6.13. The standard InChI is InChI=1S/C17H22N/c1-14(2)13-18-9-7-17(8-10-18)11-15-5-3-4-6-16(15)12-17/h3-6,11-12H,7-10,13H2,1-2H3. The monoisotopic (exact) mass is 240 g/mol. The Morgan fingerprint density at radius 2 is 1.61 bits per heavy atom. The molecular formula is C17H22N. The van der Waals surface area contributed by atoms with Gasteiger partial charge in [0, 0.05) is 12.0 Å². The van der Waals surface area contributed by atoms with Gasteiger partial charge >= 0.3 is 0 Å². The second kappa shape index (κ2) is 4.55. The average molecular weight is 240 g/mol. The molecule has 0 amide bonds. The van der Waals surface area contributed by atoms with E-state index < -0.39 is 0 Å². The number of hydrogen-bond acceptors (Lipinski definition) is 1. The third-order valence-electron chi connectivity index (χ3n) is 4.21. The van der Waals surface area contributed by atoms with E-state index in [1.165, 1.54) is 48.8 Å². The van der Waals surface area contributed by atoms with Crippen molar-refractivity contribution >= 4 is 12.2 Å². The lowest BCUT2D eigenvalue weighted by atomic mass is 9.79. The fourth-order valence-corrected chi connectivity index (χ4v) is 3.30. The third-order valence-corrected chi connectivity index (χ3v) is 4.21. The Kier molecular flexibility index (Phi) is 3.03. The molecule has 1 aromatic carbocycles. The lowest BCUT2D eigenvalue weighted by Crippen LogP contribution is -2.39. The first-order valence-electron chi connectivity index (χ1n) is 6.99. The molecule has 1 saturated heterocycles. The van der Waals surface area contributed by atoms with Gasteiger partial charge in [0.25, 0.3) is 0 Å². The van der Waals surface area contributed by atoms with Gasteiger partial charge < -0.3 is 4.90 Å². The van der Waals surface area contributed by atoms with Crippen LogP contribution in [-0.2, 0) is 0 Å². The minimum atomic E-state index is 0.349. The SMILES string of the molecule is C[C](C)CN1CCC2(C=c3ccccc3=C2)CC1. The molecule has 1 spiro atoms. The van der Waals surface area contributed by atoms with Gasteiger partial charge in [0.05, 0.1) is 0 Å². The molecule has 1 nitrogen and oxygen atoms in total. The Morgan fingerprint density at radius 3 is 2.11 bits per heavy atom. The Morgan fingerprint density at radius 1 is 1.06 bits per heavy atom. The zero-order valence-corrected chi connectivity index (χ0v) is 11.4. The molecule has 0 N–H and O–H groups in total. The van der Waals surface area contributed by atoms with E-state index in [-0.39, 0.29) is 0 Å². The van der Waals surface area contributed by atoms with Crippen LogP contribution < -0.4 is 10.4 Å². The predicted octanol–water partition coefficient (Wildman–Crippen LogP) is 1.96. The maximum atomic E-state index is 2.59. The summed E-state index contributed by atoms with van der Waals surface area (Å²) in [5, 5.41) is 2.87. The van der Waals surface area contributed by atoms with Crippen LogP contribution in [-0.4, -0.2) is 24.5 Å². The summed E-state index contributed by atoms with van der Waals surface area (Å²) in [6, 6.07) is 8.79. The number of hydrogen-bond donors (Lipinski definition) is 0. The number of nitrogens with zero attached hydrogens (tertiary/aromatic N) is 1. The van der Waals surface area contributed by atoms with E-state index in [0.29, 0.717) is 5.41 Å². The second-order valence-corrected chi connectivity index (χ2v) is 6.13. The van der Waals surface area contributed by atoms with Crippen LogP contribution >= 0.6 is 0 Å². The quantitative estimate of drug-likeness (QED) is 0.764. The number of piperidine rings is 1. The predicted molar refractivity (Wildman–Crippen MR) is 77.3 cm³/mol. The van der Waals surface area contributed by atoms with Crippen LogP contribution in [0.25, 0.3) is 12.2 Å². The molecule has 0 bridgehead atoms. The van der Waals surface area contributed by atoms with Gasteiger partial charge in [-0.2, -0.15) is 0 Å². The van der Waals surface area contributed by atoms with E-state index in [9.17, 15) is 0 Å². The maximum absolute atomic E-state index is 2.59. The molecule has 3 rings (SSSR count). The summed E-state index contributed by atoms with van der Waals surface area (Å²) in [6.07, 6.45) is 7.55. The van der Waals surface area contributed by atoms with Crippen molar-refractivity contribution in [1.29, 1.82) is 0 Å². The van der Waals surface area contributed by atoms with Gasteiger partial charge in [-0.3, -0.25) is 0 Å². The molecule has 0 saturated carbocycles. The van der Waals surface area contributed by atoms with Gasteiger partial charge in [-0.05, 0) is 42.3 Å². The van der Waals surface area contributed by atoms with E-state index in [4.69, 9.17) is 0 Å². The molecule has 1 heteroatoms. The van der Waals surface area contributed by atoms with Crippen molar-refractivity contribution in [2.45, 2.75) is 26.7 Å². The highest BCUT2D eigenvalue weighted by Gasteiger charge is 2.32. The van der Waals surface area contributed by atoms with Crippen molar-refractivity contribution in [2.75, 3.05) is 19.6 Å². The Balaban J connectivity index is 1.76. The van der Waals surface area contributed by atoms with Crippen LogP contribution in [0.2, 0.25) is 0 Å². The summed E-state index contributed by atoms with van der Waals surface area (Å²) in [7, 11) is 0. The largest absolute Gasteiger partial charge is 0.303 e. The fourth-order valence-electron chi connectivity index (χ4n) is 3.30. The molecule has 1 aliphatic heterocycles. The molecule has 2 aliphatic rings. The average Bonchev–Trinajstić information content (AvgIpc) is 2.70. The molecule has 1 radical (unpaired) electrons. The van der Waals surface area contributed by atoms with Crippen molar-refractivity contribution in [1.82, 2.24) is 4.90 Å². The lowest BCUT2D eigenvalue weighted by Gasteiger charge is -2.37. The van der Waals surface area contributed by atoms with Crippen LogP contribution in [0.5, 0.6) is 0 Å². The van der Waals surface area contributed by atoms with Crippen LogP contribution in [0.3, 0.4) is 0 Å². The normalized spacial score (nSPS) is 21.7. The summed E-state index contributed by atoms with van der Waals surface area (Å²) in [5.41, 5.74) is 0.349. The first-order valence-corrected chi connectivity index (χ1v) is 6.99. The van der Waals surface area contributed by atoms with Crippen molar-refractivity contribution in [3.05, 3.63) is 40.6 Å². The minimum Gasteiger partial charge on any atom is -0.303 e.